The van der Waals surface area contributed by atoms with Crippen LogP contribution in [-0.4, -0.2) is 40.9 Å². The lowest BCUT2D eigenvalue weighted by Gasteiger charge is -2.01. The summed E-state index contributed by atoms with van der Waals surface area (Å²) in [6, 6.07) is 0. The first-order valence-corrected chi connectivity index (χ1v) is 6.29. The summed E-state index contributed by atoms with van der Waals surface area (Å²) in [5.41, 5.74) is 0.855. The van der Waals surface area contributed by atoms with E-state index in [0.717, 1.165) is 23.4 Å². The predicted octanol–water partition coefficient (Wildman–Crippen LogP) is 0.619. The lowest BCUT2D eigenvalue weighted by Crippen LogP contribution is -2.08. The molecule has 0 fully saturated rings. The van der Waals surface area contributed by atoms with Gasteiger partial charge in [0.25, 0.3) is 0 Å². The van der Waals surface area contributed by atoms with Gasteiger partial charge in [-0.15, -0.1) is 10.2 Å². The molecule has 0 bridgehead atoms. The number of aryl methyl sites for hydroxylation is 2. The molecular weight excluding hydrogens is 256 g/mol. The van der Waals surface area contributed by atoms with Crippen LogP contribution in [0.4, 0.5) is 0 Å². The van der Waals surface area contributed by atoms with Gasteiger partial charge in [0, 0.05) is 0 Å². The minimum Gasteiger partial charge on any atom is -0.481 e. The fourth-order valence-electron chi connectivity index (χ4n) is 1.50. The summed E-state index contributed by atoms with van der Waals surface area (Å²) in [4.78, 5) is 11.4. The molecule has 2 rings (SSSR count). The first-order chi connectivity index (χ1) is 8.72. The molecule has 2 heterocycles. The van der Waals surface area contributed by atoms with Crippen LogP contribution < -0.4 is 0 Å². The molecule has 9 heteroatoms. The molecule has 0 aliphatic carbocycles. The fraction of sp³-hybridized carbons (Fsp3) is 0.556. The minimum absolute atomic E-state index is 0.0205. The van der Waals surface area contributed by atoms with E-state index in [1.165, 1.54) is 16.2 Å². The van der Waals surface area contributed by atoms with Gasteiger partial charge in [-0.05, 0) is 28.4 Å². The molecule has 8 nitrogen and oxygen atoms in total. The van der Waals surface area contributed by atoms with Crippen molar-refractivity contribution in [2.45, 2.75) is 32.7 Å². The van der Waals surface area contributed by atoms with Crippen molar-refractivity contribution in [3.05, 3.63) is 5.69 Å². The molecule has 0 saturated heterocycles. The summed E-state index contributed by atoms with van der Waals surface area (Å²) in [5, 5.41) is 24.0. The fourth-order valence-corrected chi connectivity index (χ4v) is 2.20. The largest absolute Gasteiger partial charge is 0.481 e. The number of rotatable bonds is 6. The topological polar surface area (TPSA) is 107 Å². The third-order valence-electron chi connectivity index (χ3n) is 2.32. The molecule has 0 aromatic carbocycles. The quantitative estimate of drug-likeness (QED) is 0.818. The van der Waals surface area contributed by atoms with Gasteiger partial charge in [-0.2, -0.15) is 0 Å². The first kappa shape index (κ1) is 12.6. The van der Waals surface area contributed by atoms with E-state index in [4.69, 9.17) is 5.11 Å². The van der Waals surface area contributed by atoms with Crippen molar-refractivity contribution in [1.82, 2.24) is 29.8 Å². The second kappa shape index (κ2) is 5.63. The molecule has 0 spiro atoms. The zero-order valence-electron chi connectivity index (χ0n) is 9.78. The lowest BCUT2D eigenvalue weighted by molar-refractivity contribution is -0.137. The molecule has 2 aromatic heterocycles. The van der Waals surface area contributed by atoms with E-state index < -0.39 is 5.97 Å². The Hall–Kier alpha value is -1.90. The van der Waals surface area contributed by atoms with Crippen LogP contribution in [-0.2, 0) is 17.8 Å². The molecule has 0 radical (unpaired) electrons. The first-order valence-electron chi connectivity index (χ1n) is 5.52. The van der Waals surface area contributed by atoms with E-state index in [-0.39, 0.29) is 13.0 Å². The molecule has 0 unspecified atom stereocenters. The van der Waals surface area contributed by atoms with Crippen molar-refractivity contribution in [3.8, 4) is 10.7 Å². The van der Waals surface area contributed by atoms with Crippen molar-refractivity contribution in [2.24, 2.45) is 0 Å². The SMILES string of the molecule is CCCc1nnsc1-c1nnnn1CCC(=O)O. The smallest absolute Gasteiger partial charge is 0.305 e. The van der Waals surface area contributed by atoms with Crippen LogP contribution >= 0.6 is 11.5 Å². The number of hydrogen-bond donors (Lipinski definition) is 1. The average molecular weight is 268 g/mol. The minimum atomic E-state index is -0.882. The van der Waals surface area contributed by atoms with Gasteiger partial charge in [0.05, 0.1) is 18.7 Å². The number of aliphatic carboxylic acids is 1. The van der Waals surface area contributed by atoms with Gasteiger partial charge >= 0.3 is 5.97 Å². The summed E-state index contributed by atoms with van der Waals surface area (Å²) < 4.78 is 5.37. The molecule has 96 valence electrons. The standard InChI is InChI=1S/C9H12N6O2S/c1-2-3-6-8(18-14-10-6)9-11-12-13-15(9)5-4-7(16)17/h2-5H2,1H3,(H,16,17). The third-order valence-corrected chi connectivity index (χ3v) is 3.08. The van der Waals surface area contributed by atoms with Crippen molar-refractivity contribution >= 4 is 17.5 Å². The van der Waals surface area contributed by atoms with Crippen LogP contribution in [0.2, 0.25) is 0 Å². The van der Waals surface area contributed by atoms with Crippen molar-refractivity contribution < 1.29 is 9.90 Å². The second-order valence-electron chi connectivity index (χ2n) is 3.67. The number of carbonyl (C=O) groups is 1. The number of aromatic nitrogens is 6. The van der Waals surface area contributed by atoms with Crippen molar-refractivity contribution in [3.63, 3.8) is 0 Å². The lowest BCUT2D eigenvalue weighted by atomic mass is 10.2. The highest BCUT2D eigenvalue weighted by Gasteiger charge is 2.17. The molecule has 18 heavy (non-hydrogen) atoms. The van der Waals surface area contributed by atoms with Crippen LogP contribution in [0.25, 0.3) is 10.7 Å². The molecule has 0 amide bonds. The van der Waals surface area contributed by atoms with Crippen molar-refractivity contribution in [1.29, 1.82) is 0 Å². The van der Waals surface area contributed by atoms with Gasteiger partial charge in [-0.1, -0.05) is 17.8 Å². The van der Waals surface area contributed by atoms with E-state index in [0.29, 0.717) is 5.82 Å². The van der Waals surface area contributed by atoms with E-state index in [2.05, 4.69) is 32.0 Å². The highest BCUT2D eigenvalue weighted by atomic mass is 32.1. The summed E-state index contributed by atoms with van der Waals surface area (Å²) in [5.74, 6) is -0.345. The Bertz CT molecular complexity index is 537. The van der Waals surface area contributed by atoms with E-state index in [1.807, 2.05) is 0 Å². The van der Waals surface area contributed by atoms with E-state index >= 15 is 0 Å². The predicted molar refractivity (Wildman–Crippen MR) is 63.0 cm³/mol. The monoisotopic (exact) mass is 268 g/mol. The van der Waals surface area contributed by atoms with Crippen LogP contribution in [0.1, 0.15) is 25.5 Å². The Balaban J connectivity index is 2.24. The van der Waals surface area contributed by atoms with E-state index in [1.54, 1.807) is 0 Å². The molecule has 2 aromatic rings. The summed E-state index contributed by atoms with van der Waals surface area (Å²) in [6.45, 7) is 2.29. The maximum Gasteiger partial charge on any atom is 0.305 e. The molecule has 0 aliphatic heterocycles. The number of nitrogens with zero attached hydrogens (tertiary/aromatic N) is 6. The molecular formula is C9H12N6O2S. The maximum atomic E-state index is 10.6. The highest BCUT2D eigenvalue weighted by molar-refractivity contribution is 7.09. The normalized spacial score (nSPS) is 10.7. The number of tetrazole rings is 1. The van der Waals surface area contributed by atoms with Crippen LogP contribution in [0, 0.1) is 0 Å². The van der Waals surface area contributed by atoms with E-state index in [9.17, 15) is 4.79 Å². The van der Waals surface area contributed by atoms with Gasteiger partial charge in [-0.3, -0.25) is 4.79 Å². The van der Waals surface area contributed by atoms with Gasteiger partial charge in [0.15, 0.2) is 5.82 Å². The molecule has 1 N–H and O–H groups in total. The zero-order chi connectivity index (χ0) is 13.0. The van der Waals surface area contributed by atoms with Crippen LogP contribution in [0.3, 0.4) is 0 Å². The Morgan fingerprint density at radius 2 is 2.28 bits per heavy atom. The third kappa shape index (κ3) is 2.67. The highest BCUT2D eigenvalue weighted by Crippen LogP contribution is 2.24. The number of carboxylic acid groups (broad SMARTS) is 1. The Morgan fingerprint density at radius 1 is 1.44 bits per heavy atom. The van der Waals surface area contributed by atoms with Gasteiger partial charge in [0.2, 0.25) is 0 Å². The average Bonchev–Trinajstić information content (AvgIpc) is 2.94. The Morgan fingerprint density at radius 3 is 3.00 bits per heavy atom. The zero-order valence-corrected chi connectivity index (χ0v) is 10.6. The van der Waals surface area contributed by atoms with Gasteiger partial charge in [0.1, 0.15) is 4.88 Å². The van der Waals surface area contributed by atoms with Crippen molar-refractivity contribution in [2.75, 3.05) is 0 Å². The Kier molecular flexibility index (Phi) is 3.92. The van der Waals surface area contributed by atoms with Gasteiger partial charge in [-0.25, -0.2) is 4.68 Å². The summed E-state index contributed by atoms with van der Waals surface area (Å²) >= 11 is 1.22. The molecule has 0 atom stereocenters. The maximum absolute atomic E-state index is 10.6. The summed E-state index contributed by atoms with van der Waals surface area (Å²) in [6.07, 6.45) is 1.74. The second-order valence-corrected chi connectivity index (χ2v) is 4.42. The molecule has 0 aliphatic rings. The number of hydrogen-bond acceptors (Lipinski definition) is 7. The van der Waals surface area contributed by atoms with Crippen LogP contribution in [0.5, 0.6) is 0 Å². The Labute approximate surface area is 107 Å². The number of carboxylic acids is 1. The summed E-state index contributed by atoms with van der Waals surface area (Å²) in [7, 11) is 0. The molecule has 0 saturated carbocycles. The van der Waals surface area contributed by atoms with Crippen LogP contribution in [0.15, 0.2) is 0 Å². The van der Waals surface area contributed by atoms with Gasteiger partial charge < -0.3 is 5.11 Å².